The highest BCUT2D eigenvalue weighted by molar-refractivity contribution is 6.09. The maximum absolute atomic E-state index is 12.6. The van der Waals surface area contributed by atoms with Gasteiger partial charge in [-0.25, -0.2) is 0 Å². The summed E-state index contributed by atoms with van der Waals surface area (Å²) in [5.41, 5.74) is 3.31. The van der Waals surface area contributed by atoms with Crippen LogP contribution in [0.2, 0.25) is 0 Å². The summed E-state index contributed by atoms with van der Waals surface area (Å²) < 4.78 is 12.8. The molecular formula is C24H30N4O4. The van der Waals surface area contributed by atoms with Crippen molar-refractivity contribution in [2.45, 2.75) is 33.7 Å². The van der Waals surface area contributed by atoms with Crippen molar-refractivity contribution in [1.29, 1.82) is 5.26 Å². The number of methoxy groups -OCH3 is 1. The zero-order valence-electron chi connectivity index (χ0n) is 19.2. The fourth-order valence-electron chi connectivity index (χ4n) is 3.48. The Morgan fingerprint density at radius 1 is 1.25 bits per heavy atom. The highest BCUT2D eigenvalue weighted by Crippen LogP contribution is 2.23. The second kappa shape index (κ2) is 11.7. The second-order valence-corrected chi connectivity index (χ2v) is 7.39. The maximum atomic E-state index is 12.6. The molecule has 2 rings (SSSR count). The number of hydrogen-bond acceptors (Lipinski definition) is 5. The third-order valence-electron chi connectivity index (χ3n) is 4.89. The van der Waals surface area contributed by atoms with E-state index >= 15 is 0 Å². The number of anilines is 1. The quantitative estimate of drug-likeness (QED) is 0.437. The first-order chi connectivity index (χ1) is 15.3. The summed E-state index contributed by atoms with van der Waals surface area (Å²) in [6.45, 7) is 8.85. The number of carbonyl (C=O) groups excluding carboxylic acids is 2. The number of nitrogens with one attached hydrogen (secondary N) is 2. The van der Waals surface area contributed by atoms with Crippen LogP contribution in [0.5, 0.6) is 5.75 Å². The van der Waals surface area contributed by atoms with E-state index in [1.54, 1.807) is 37.5 Å². The average Bonchev–Trinajstić information content (AvgIpc) is 3.04. The van der Waals surface area contributed by atoms with Crippen molar-refractivity contribution in [1.82, 2.24) is 9.88 Å². The van der Waals surface area contributed by atoms with Gasteiger partial charge in [0.15, 0.2) is 6.61 Å². The molecule has 1 unspecified atom stereocenters. The third kappa shape index (κ3) is 6.46. The van der Waals surface area contributed by atoms with Crippen LogP contribution in [0.25, 0.3) is 6.08 Å². The van der Waals surface area contributed by atoms with Gasteiger partial charge in [-0.3, -0.25) is 9.59 Å². The Hall–Kier alpha value is -3.57. The molecule has 1 atom stereocenters. The smallest absolute Gasteiger partial charge is 0.266 e. The largest absolute Gasteiger partial charge is 0.484 e. The van der Waals surface area contributed by atoms with E-state index in [-0.39, 0.29) is 24.1 Å². The van der Waals surface area contributed by atoms with Crippen molar-refractivity contribution in [2.75, 3.05) is 32.2 Å². The van der Waals surface area contributed by atoms with Gasteiger partial charge in [-0.15, -0.1) is 0 Å². The van der Waals surface area contributed by atoms with E-state index in [1.165, 1.54) is 0 Å². The molecule has 2 amide bonds. The Labute approximate surface area is 188 Å². The van der Waals surface area contributed by atoms with E-state index in [9.17, 15) is 14.9 Å². The van der Waals surface area contributed by atoms with Crippen molar-refractivity contribution >= 4 is 23.6 Å². The van der Waals surface area contributed by atoms with Gasteiger partial charge in [-0.1, -0.05) is 0 Å². The number of aryl methyl sites for hydroxylation is 1. The number of aromatic nitrogens is 1. The van der Waals surface area contributed by atoms with Crippen LogP contribution < -0.4 is 15.4 Å². The van der Waals surface area contributed by atoms with Gasteiger partial charge >= 0.3 is 0 Å². The lowest BCUT2D eigenvalue weighted by Crippen LogP contribution is -2.28. The highest BCUT2D eigenvalue weighted by atomic mass is 16.5. The molecule has 0 bridgehead atoms. The molecule has 170 valence electrons. The van der Waals surface area contributed by atoms with E-state index in [0.717, 1.165) is 17.0 Å². The normalized spacial score (nSPS) is 12.1. The number of carbonyl (C=O) groups is 2. The molecule has 0 saturated heterocycles. The summed E-state index contributed by atoms with van der Waals surface area (Å²) in [6, 6.07) is 10.7. The minimum atomic E-state index is -0.502. The SMILES string of the molecule is CCNC(=O)COc1ccc(NC(=O)/C(C#N)=C\c2cc(C)n(C(C)COC)c2C)cc1. The molecule has 0 spiro atoms. The average molecular weight is 439 g/mol. The van der Waals surface area contributed by atoms with E-state index in [0.29, 0.717) is 24.6 Å². The molecule has 8 heteroatoms. The van der Waals surface area contributed by atoms with E-state index < -0.39 is 5.91 Å². The number of benzene rings is 1. The van der Waals surface area contributed by atoms with Crippen LogP contribution in [0.15, 0.2) is 35.9 Å². The number of rotatable bonds is 10. The summed E-state index contributed by atoms with van der Waals surface area (Å²) in [5.74, 6) is -0.203. The van der Waals surface area contributed by atoms with Crippen molar-refractivity contribution in [2.24, 2.45) is 0 Å². The second-order valence-electron chi connectivity index (χ2n) is 7.39. The van der Waals surface area contributed by atoms with Gasteiger partial charge in [0.2, 0.25) is 0 Å². The summed E-state index contributed by atoms with van der Waals surface area (Å²) in [5, 5.41) is 14.9. The molecular weight excluding hydrogens is 408 g/mol. The third-order valence-corrected chi connectivity index (χ3v) is 4.89. The maximum Gasteiger partial charge on any atom is 0.266 e. The Balaban J connectivity index is 2.10. The first kappa shape index (κ1) is 24.7. The first-order valence-electron chi connectivity index (χ1n) is 10.4. The Morgan fingerprint density at radius 2 is 1.94 bits per heavy atom. The summed E-state index contributed by atoms with van der Waals surface area (Å²) in [6.07, 6.45) is 1.59. The van der Waals surface area contributed by atoms with E-state index in [2.05, 4.69) is 22.1 Å². The molecule has 1 heterocycles. The molecule has 0 fully saturated rings. The molecule has 0 saturated carbocycles. The minimum Gasteiger partial charge on any atom is -0.484 e. The molecule has 2 N–H and O–H groups in total. The summed E-state index contributed by atoms with van der Waals surface area (Å²) in [4.78, 5) is 24.1. The number of amides is 2. The zero-order valence-corrected chi connectivity index (χ0v) is 19.2. The number of nitriles is 1. The Kier molecular flexibility index (Phi) is 9.05. The predicted molar refractivity (Wildman–Crippen MR) is 123 cm³/mol. The van der Waals surface area contributed by atoms with Crippen LogP contribution >= 0.6 is 0 Å². The van der Waals surface area contributed by atoms with Gasteiger partial charge in [-0.05, 0) is 69.7 Å². The van der Waals surface area contributed by atoms with Gasteiger partial charge in [0.25, 0.3) is 11.8 Å². The standard InChI is InChI=1S/C24H30N4O4/c1-6-26-23(29)15-32-22-9-7-21(8-10-22)27-24(30)20(13-25)12-19-11-16(2)28(18(19)4)17(3)14-31-5/h7-12,17H,6,14-15H2,1-5H3,(H,26,29)(H,27,30)/b20-12-. The van der Waals surface area contributed by atoms with Crippen LogP contribution in [0.1, 0.15) is 36.8 Å². The van der Waals surface area contributed by atoms with E-state index in [4.69, 9.17) is 9.47 Å². The monoisotopic (exact) mass is 438 g/mol. The molecule has 2 aromatic rings. The van der Waals surface area contributed by atoms with Gasteiger partial charge in [0.05, 0.1) is 12.6 Å². The molecule has 0 aliphatic rings. The summed E-state index contributed by atoms with van der Waals surface area (Å²) >= 11 is 0. The molecule has 1 aromatic carbocycles. The van der Waals surface area contributed by atoms with Gasteiger partial charge in [0, 0.05) is 30.7 Å². The molecule has 0 radical (unpaired) electrons. The Bertz CT molecular complexity index is 1020. The highest BCUT2D eigenvalue weighted by Gasteiger charge is 2.16. The molecule has 8 nitrogen and oxygen atoms in total. The minimum absolute atomic E-state index is 0.00112. The number of likely N-dealkylation sites (N-methyl/N-ethyl adjacent to an activating group) is 1. The molecule has 1 aromatic heterocycles. The molecule has 0 aliphatic carbocycles. The van der Waals surface area contributed by atoms with Crippen LogP contribution in [-0.2, 0) is 14.3 Å². The lowest BCUT2D eigenvalue weighted by Gasteiger charge is -2.17. The van der Waals surface area contributed by atoms with Gasteiger partial charge in [-0.2, -0.15) is 5.26 Å². The van der Waals surface area contributed by atoms with Gasteiger partial charge < -0.3 is 24.7 Å². The first-order valence-corrected chi connectivity index (χ1v) is 10.4. The van der Waals surface area contributed by atoms with Crippen LogP contribution in [0.3, 0.4) is 0 Å². The van der Waals surface area contributed by atoms with Crippen molar-refractivity contribution in [3.05, 3.63) is 52.9 Å². The zero-order chi connectivity index (χ0) is 23.7. The van der Waals surface area contributed by atoms with Crippen LogP contribution in [-0.4, -0.2) is 43.2 Å². The van der Waals surface area contributed by atoms with Gasteiger partial charge in [0.1, 0.15) is 17.4 Å². The van der Waals surface area contributed by atoms with Crippen LogP contribution in [0, 0.1) is 25.2 Å². The number of nitrogens with zero attached hydrogens (tertiary/aromatic N) is 2. The van der Waals surface area contributed by atoms with Crippen molar-refractivity contribution in [3.8, 4) is 11.8 Å². The van der Waals surface area contributed by atoms with E-state index in [1.807, 2.05) is 32.9 Å². The fraction of sp³-hybridized carbons (Fsp3) is 0.375. The molecule has 0 aliphatic heterocycles. The lowest BCUT2D eigenvalue weighted by molar-refractivity contribution is -0.123. The van der Waals surface area contributed by atoms with Crippen LogP contribution in [0.4, 0.5) is 5.69 Å². The Morgan fingerprint density at radius 3 is 2.53 bits per heavy atom. The topological polar surface area (TPSA) is 105 Å². The lowest BCUT2D eigenvalue weighted by atomic mass is 10.1. The number of hydrogen-bond donors (Lipinski definition) is 2. The summed E-state index contributed by atoms with van der Waals surface area (Å²) in [7, 11) is 1.66. The molecule has 32 heavy (non-hydrogen) atoms. The number of ether oxygens (including phenoxy) is 2. The van der Waals surface area contributed by atoms with Crippen molar-refractivity contribution in [3.63, 3.8) is 0 Å². The predicted octanol–water partition coefficient (Wildman–Crippen LogP) is 3.37. The fourth-order valence-corrected chi connectivity index (χ4v) is 3.48. The van der Waals surface area contributed by atoms with Crippen molar-refractivity contribution < 1.29 is 19.1 Å².